The molecule has 4 nitrogen and oxygen atoms in total. The van der Waals surface area contributed by atoms with E-state index < -0.39 is 69.7 Å². The average Bonchev–Trinajstić information content (AvgIpc) is 3.01. The summed E-state index contributed by atoms with van der Waals surface area (Å²) in [5, 5.41) is 0. The number of halogens is 10. The molecule has 0 N–H and O–H groups in total. The SMILES string of the molecule is C=CCCc1cnc(-c2ccc(C(F)(F)Oc3ccc(-c4ccc(-c5cc(F)c(OC(F)(F)F)c(F)c5)c(F)c4)c(F)c3)c(F)c2)nc1. The minimum atomic E-state index is -5.38. The highest BCUT2D eigenvalue weighted by Crippen LogP contribution is 2.38. The Bertz CT molecular complexity index is 1960. The molecule has 0 saturated heterocycles. The fourth-order valence-electron chi connectivity index (χ4n) is 4.63. The lowest BCUT2D eigenvalue weighted by atomic mass is 9.99. The Labute approximate surface area is 265 Å². The zero-order chi connectivity index (χ0) is 34.8. The van der Waals surface area contributed by atoms with Crippen LogP contribution in [0.25, 0.3) is 33.6 Å². The molecule has 1 heterocycles. The number of rotatable bonds is 10. The summed E-state index contributed by atoms with van der Waals surface area (Å²) < 4.78 is 148. The quantitative estimate of drug-likeness (QED) is 0.109. The lowest BCUT2D eigenvalue weighted by Crippen LogP contribution is -2.23. The third kappa shape index (κ3) is 7.59. The van der Waals surface area contributed by atoms with E-state index in [9.17, 15) is 39.5 Å². The maximum absolute atomic E-state index is 15.0. The molecule has 4 aromatic carbocycles. The Morgan fingerprint density at radius 2 is 1.19 bits per heavy atom. The van der Waals surface area contributed by atoms with Crippen LogP contribution in [0.4, 0.5) is 43.9 Å². The van der Waals surface area contributed by atoms with Gasteiger partial charge in [0.25, 0.3) is 0 Å². The zero-order valence-corrected chi connectivity index (χ0v) is 24.2. The molecule has 0 radical (unpaired) electrons. The average molecular weight is 679 g/mol. The van der Waals surface area contributed by atoms with E-state index in [1.54, 1.807) is 6.08 Å². The van der Waals surface area contributed by atoms with E-state index in [0.717, 1.165) is 48.0 Å². The predicted molar refractivity (Wildman–Crippen MR) is 154 cm³/mol. The third-order valence-corrected chi connectivity index (χ3v) is 6.88. The summed E-state index contributed by atoms with van der Waals surface area (Å²) >= 11 is 0. The maximum Gasteiger partial charge on any atom is 0.573 e. The summed E-state index contributed by atoms with van der Waals surface area (Å²) in [5.74, 6) is -9.46. The van der Waals surface area contributed by atoms with Gasteiger partial charge in [-0.25, -0.2) is 31.9 Å². The molecule has 0 amide bonds. The molecule has 0 aliphatic rings. The van der Waals surface area contributed by atoms with Crippen LogP contribution in [0.5, 0.6) is 11.5 Å². The van der Waals surface area contributed by atoms with E-state index >= 15 is 4.39 Å². The summed E-state index contributed by atoms with van der Waals surface area (Å²) in [6.07, 6.45) is -3.54. The van der Waals surface area contributed by atoms with E-state index in [-0.39, 0.29) is 22.5 Å². The van der Waals surface area contributed by atoms with E-state index in [0.29, 0.717) is 31.0 Å². The first-order chi connectivity index (χ1) is 22.6. The highest BCUT2D eigenvalue weighted by molar-refractivity contribution is 5.72. The summed E-state index contributed by atoms with van der Waals surface area (Å²) in [6, 6.07) is 8.93. The second kappa shape index (κ2) is 13.4. The molecule has 0 bridgehead atoms. The third-order valence-electron chi connectivity index (χ3n) is 6.88. The molecular formula is C34H20F10N2O2. The van der Waals surface area contributed by atoms with Crippen molar-refractivity contribution >= 4 is 0 Å². The highest BCUT2D eigenvalue weighted by atomic mass is 19.4. The molecule has 14 heteroatoms. The summed E-state index contributed by atoms with van der Waals surface area (Å²) in [6.45, 7) is 3.63. The van der Waals surface area contributed by atoms with Crippen molar-refractivity contribution in [1.82, 2.24) is 9.97 Å². The molecule has 48 heavy (non-hydrogen) atoms. The number of benzene rings is 4. The molecular weight excluding hydrogens is 658 g/mol. The Hall–Kier alpha value is -5.40. The topological polar surface area (TPSA) is 44.2 Å². The van der Waals surface area contributed by atoms with E-state index in [1.807, 2.05) is 0 Å². The molecule has 0 spiro atoms. The molecule has 1 aromatic heterocycles. The molecule has 5 aromatic rings. The van der Waals surface area contributed by atoms with Crippen molar-refractivity contribution in [3.05, 3.63) is 132 Å². The van der Waals surface area contributed by atoms with Gasteiger partial charge in [-0.05, 0) is 72.0 Å². The van der Waals surface area contributed by atoms with Crippen LogP contribution in [0.2, 0.25) is 0 Å². The first-order valence-electron chi connectivity index (χ1n) is 13.8. The standard InChI is InChI=1S/C34H20F10N2O2/c1-2-3-4-18-16-45-32(46-17-18)20-6-10-25(28(37)12-20)33(40,41)47-22-7-9-23(27(36)15-22)19-5-8-24(26(35)11-19)21-13-29(38)31(30(39)14-21)48-34(42,43)44/h2,5-17H,1,3-4H2. The van der Waals surface area contributed by atoms with Crippen LogP contribution in [0.3, 0.4) is 0 Å². The fourth-order valence-corrected chi connectivity index (χ4v) is 4.63. The van der Waals surface area contributed by atoms with Gasteiger partial charge < -0.3 is 9.47 Å². The van der Waals surface area contributed by atoms with Crippen LogP contribution in [-0.2, 0) is 12.5 Å². The van der Waals surface area contributed by atoms with Crippen molar-refractivity contribution in [2.45, 2.75) is 25.3 Å². The van der Waals surface area contributed by atoms with Gasteiger partial charge in [0, 0.05) is 35.2 Å². The largest absolute Gasteiger partial charge is 0.573 e. The molecule has 5 rings (SSSR count). The Balaban J connectivity index is 1.33. The summed E-state index contributed by atoms with van der Waals surface area (Å²) in [4.78, 5) is 8.25. The van der Waals surface area contributed by atoms with Crippen molar-refractivity contribution in [2.75, 3.05) is 0 Å². The molecule has 0 atom stereocenters. The number of aromatic nitrogens is 2. The van der Waals surface area contributed by atoms with Gasteiger partial charge in [-0.1, -0.05) is 24.3 Å². The molecule has 0 aliphatic carbocycles. The van der Waals surface area contributed by atoms with Crippen molar-refractivity contribution in [2.24, 2.45) is 0 Å². The summed E-state index contributed by atoms with van der Waals surface area (Å²) in [7, 11) is 0. The first-order valence-corrected chi connectivity index (χ1v) is 13.8. The van der Waals surface area contributed by atoms with Gasteiger partial charge in [0.15, 0.2) is 17.5 Å². The second-order valence-corrected chi connectivity index (χ2v) is 10.2. The molecule has 0 unspecified atom stereocenters. The van der Waals surface area contributed by atoms with E-state index in [4.69, 9.17) is 0 Å². The predicted octanol–water partition coefficient (Wildman–Crippen LogP) is 10.3. The van der Waals surface area contributed by atoms with Gasteiger partial charge in [0.05, 0.1) is 5.56 Å². The Morgan fingerprint density at radius 1 is 0.625 bits per heavy atom. The minimum Gasteiger partial charge on any atom is -0.429 e. The van der Waals surface area contributed by atoms with Crippen LogP contribution < -0.4 is 9.47 Å². The van der Waals surface area contributed by atoms with Crippen LogP contribution in [0, 0.1) is 29.1 Å². The Morgan fingerprint density at radius 3 is 1.77 bits per heavy atom. The number of hydrogen-bond acceptors (Lipinski definition) is 4. The fraction of sp³-hybridized carbons (Fsp3) is 0.118. The molecule has 0 saturated carbocycles. The number of alkyl halides is 5. The van der Waals surface area contributed by atoms with E-state index in [2.05, 4.69) is 26.0 Å². The van der Waals surface area contributed by atoms with Crippen LogP contribution >= 0.6 is 0 Å². The summed E-state index contributed by atoms with van der Waals surface area (Å²) in [5.41, 5.74) is -1.59. The zero-order valence-electron chi connectivity index (χ0n) is 24.2. The van der Waals surface area contributed by atoms with Crippen molar-refractivity contribution < 1.29 is 53.4 Å². The van der Waals surface area contributed by atoms with Gasteiger partial charge in [-0.15, -0.1) is 19.8 Å². The minimum absolute atomic E-state index is 0.0990. The first kappa shape index (κ1) is 33.9. The normalized spacial score (nSPS) is 11.8. The van der Waals surface area contributed by atoms with E-state index in [1.165, 1.54) is 18.5 Å². The number of hydrogen-bond donors (Lipinski definition) is 0. The van der Waals surface area contributed by atoms with Crippen LogP contribution in [0.15, 0.2) is 91.8 Å². The number of allylic oxidation sites excluding steroid dienone is 1. The van der Waals surface area contributed by atoms with Gasteiger partial charge >= 0.3 is 12.5 Å². The van der Waals surface area contributed by atoms with Crippen molar-refractivity contribution in [1.29, 1.82) is 0 Å². The smallest absolute Gasteiger partial charge is 0.429 e. The maximum atomic E-state index is 15.0. The second-order valence-electron chi connectivity index (χ2n) is 10.2. The number of aryl methyl sites for hydroxylation is 1. The number of ether oxygens (including phenoxy) is 2. The monoisotopic (exact) mass is 678 g/mol. The molecule has 0 aliphatic heterocycles. The van der Waals surface area contributed by atoms with Gasteiger partial charge in [-0.3, -0.25) is 0 Å². The highest BCUT2D eigenvalue weighted by Gasteiger charge is 2.38. The lowest BCUT2D eigenvalue weighted by Gasteiger charge is -2.19. The van der Waals surface area contributed by atoms with Gasteiger partial charge in [0.2, 0.25) is 5.75 Å². The molecule has 248 valence electrons. The van der Waals surface area contributed by atoms with Gasteiger partial charge in [0.1, 0.15) is 23.2 Å². The Kier molecular flexibility index (Phi) is 9.46. The van der Waals surface area contributed by atoms with Crippen LogP contribution in [0.1, 0.15) is 17.5 Å². The van der Waals surface area contributed by atoms with Crippen LogP contribution in [-0.4, -0.2) is 16.3 Å². The van der Waals surface area contributed by atoms with Crippen molar-refractivity contribution in [3.8, 4) is 45.1 Å². The number of nitrogens with zero attached hydrogens (tertiary/aromatic N) is 2. The molecule has 0 fully saturated rings. The lowest BCUT2D eigenvalue weighted by molar-refractivity contribution is -0.276. The van der Waals surface area contributed by atoms with Gasteiger partial charge in [-0.2, -0.15) is 8.78 Å². The van der Waals surface area contributed by atoms with Crippen molar-refractivity contribution in [3.63, 3.8) is 0 Å².